The molecule has 2 aliphatic heterocycles. The van der Waals surface area contributed by atoms with Crippen LogP contribution >= 0.6 is 11.6 Å². The molecule has 0 spiro atoms. The van der Waals surface area contributed by atoms with Crippen molar-refractivity contribution in [3.8, 4) is 0 Å². The first-order valence-corrected chi connectivity index (χ1v) is 14.6. The summed E-state index contributed by atoms with van der Waals surface area (Å²) in [7, 11) is 0. The van der Waals surface area contributed by atoms with Gasteiger partial charge in [-0.05, 0) is 44.0 Å². The number of rotatable bonds is 6. The smallest absolute Gasteiger partial charge is 0.318 e. The molecule has 5 rings (SSSR count). The summed E-state index contributed by atoms with van der Waals surface area (Å²) >= 11 is 6.29. The van der Waals surface area contributed by atoms with E-state index < -0.39 is 23.9 Å². The highest BCUT2D eigenvalue weighted by molar-refractivity contribution is 6.30. The lowest BCUT2D eigenvalue weighted by molar-refractivity contribution is -0.136. The number of aryl methyl sites for hydroxylation is 1. The Balaban J connectivity index is 1.75. The zero-order valence-electron chi connectivity index (χ0n) is 23.7. The molecule has 4 atom stereocenters. The van der Waals surface area contributed by atoms with E-state index in [1.165, 1.54) is 0 Å². The predicted octanol–water partition coefficient (Wildman–Crippen LogP) is 5.21. The number of halogens is 1. The fourth-order valence-electron chi connectivity index (χ4n) is 6.14. The summed E-state index contributed by atoms with van der Waals surface area (Å²) in [5, 5.41) is 6.90. The average Bonchev–Trinajstić information content (AvgIpc) is 3.34. The van der Waals surface area contributed by atoms with Crippen LogP contribution in [0, 0.1) is 12.8 Å². The van der Waals surface area contributed by atoms with E-state index in [0.29, 0.717) is 36.8 Å². The molecule has 2 saturated heterocycles. The molecule has 0 radical (unpaired) electrons. The normalized spacial score (nSPS) is 22.6. The molecular weight excluding hydrogens is 536 g/mol. The molecule has 2 fully saturated rings. The molecule has 2 heterocycles. The number of benzene rings is 3. The number of nitrogens with one attached hydrogen (secondary N) is 2. The Bertz CT molecular complexity index is 1370. The van der Waals surface area contributed by atoms with Gasteiger partial charge in [-0.15, -0.1) is 0 Å². The molecule has 4 unspecified atom stereocenters. The molecule has 2 N–H and O–H groups in total. The fourth-order valence-corrected chi connectivity index (χ4v) is 6.26. The van der Waals surface area contributed by atoms with Gasteiger partial charge in [-0.25, -0.2) is 4.79 Å². The summed E-state index contributed by atoms with van der Waals surface area (Å²) in [5.74, 6) is -1.55. The van der Waals surface area contributed by atoms with Crippen LogP contribution in [0.5, 0.6) is 0 Å². The topological polar surface area (TPSA) is 81.8 Å². The van der Waals surface area contributed by atoms with Gasteiger partial charge in [0.1, 0.15) is 6.04 Å². The van der Waals surface area contributed by atoms with Crippen LogP contribution in [0.3, 0.4) is 0 Å². The predicted molar refractivity (Wildman–Crippen MR) is 161 cm³/mol. The number of amides is 3. The van der Waals surface area contributed by atoms with Crippen molar-refractivity contribution in [2.45, 2.75) is 44.8 Å². The van der Waals surface area contributed by atoms with E-state index in [9.17, 15) is 14.4 Å². The number of carbonyl (C=O) groups is 3. The van der Waals surface area contributed by atoms with E-state index in [0.717, 1.165) is 16.7 Å². The maximum Gasteiger partial charge on any atom is 0.318 e. The third-order valence-corrected chi connectivity index (χ3v) is 8.28. The van der Waals surface area contributed by atoms with Crippen molar-refractivity contribution >= 4 is 29.3 Å². The molecule has 0 saturated carbocycles. The quantitative estimate of drug-likeness (QED) is 0.398. The first-order chi connectivity index (χ1) is 19.8. The largest absolute Gasteiger partial charge is 0.338 e. The van der Waals surface area contributed by atoms with Crippen LogP contribution in [-0.4, -0.2) is 65.8 Å². The Hall–Kier alpha value is -3.68. The zero-order valence-corrected chi connectivity index (χ0v) is 24.5. The van der Waals surface area contributed by atoms with Crippen molar-refractivity contribution in [3.63, 3.8) is 0 Å². The van der Waals surface area contributed by atoms with Crippen molar-refractivity contribution in [1.29, 1.82) is 0 Å². The minimum Gasteiger partial charge on any atom is -0.338 e. The van der Waals surface area contributed by atoms with Crippen LogP contribution in [0.25, 0.3) is 0 Å². The number of urea groups is 1. The second-order valence-corrected chi connectivity index (χ2v) is 11.7. The lowest BCUT2D eigenvalue weighted by Gasteiger charge is -2.36. The van der Waals surface area contributed by atoms with Crippen LogP contribution in [0.4, 0.5) is 4.79 Å². The number of hydrogen-bond acceptors (Lipinski definition) is 4. The number of nitrogens with zero attached hydrogens (tertiary/aromatic N) is 2. The van der Waals surface area contributed by atoms with E-state index in [2.05, 4.69) is 10.6 Å². The van der Waals surface area contributed by atoms with Crippen LogP contribution in [0.2, 0.25) is 5.02 Å². The van der Waals surface area contributed by atoms with E-state index >= 15 is 0 Å². The second kappa shape index (κ2) is 12.5. The van der Waals surface area contributed by atoms with Gasteiger partial charge in [0.05, 0.1) is 12.0 Å². The summed E-state index contributed by atoms with van der Waals surface area (Å²) in [5.41, 5.74) is 3.24. The highest BCUT2D eigenvalue weighted by Crippen LogP contribution is 2.52. The van der Waals surface area contributed by atoms with Gasteiger partial charge < -0.3 is 20.4 Å². The molecule has 3 aromatic carbocycles. The molecule has 214 valence electrons. The summed E-state index contributed by atoms with van der Waals surface area (Å²) < 4.78 is 0. The average molecular weight is 573 g/mol. The maximum atomic E-state index is 14.6. The summed E-state index contributed by atoms with van der Waals surface area (Å²) in [6.07, 6.45) is 0. The number of Topliss-reactive ketones (excluding diaryl/α,β-unsaturated/α-hetero) is 1. The van der Waals surface area contributed by atoms with E-state index in [4.69, 9.17) is 11.6 Å². The number of hydrogen-bond donors (Lipinski definition) is 2. The minimum atomic E-state index is -0.892. The molecule has 3 amide bonds. The van der Waals surface area contributed by atoms with Gasteiger partial charge in [0.2, 0.25) is 5.91 Å². The van der Waals surface area contributed by atoms with E-state index in [-0.39, 0.29) is 23.8 Å². The second-order valence-electron chi connectivity index (χ2n) is 11.2. The molecule has 41 heavy (non-hydrogen) atoms. The van der Waals surface area contributed by atoms with Gasteiger partial charge in [-0.2, -0.15) is 0 Å². The van der Waals surface area contributed by atoms with Crippen molar-refractivity contribution in [1.82, 2.24) is 20.4 Å². The van der Waals surface area contributed by atoms with Crippen LogP contribution < -0.4 is 10.6 Å². The number of carbonyl (C=O) groups excluding carboxylic acids is 3. The van der Waals surface area contributed by atoms with Crippen molar-refractivity contribution in [3.05, 3.63) is 106 Å². The Morgan fingerprint density at radius 1 is 0.878 bits per heavy atom. The summed E-state index contributed by atoms with van der Waals surface area (Å²) in [6.45, 7) is 8.22. The number of piperazine rings is 1. The highest BCUT2D eigenvalue weighted by Gasteiger charge is 2.58. The minimum absolute atomic E-state index is 0.103. The Kier molecular flexibility index (Phi) is 8.76. The molecule has 0 aromatic heterocycles. The molecule has 7 nitrogen and oxygen atoms in total. The standard InChI is InChI=1S/C33H37ClN4O3/c1-21(2)36-33(41)38-29(24-11-9-22(3)10-12-24)28(31(39)25-7-5-4-6-8-25)27(23-13-15-26(34)16-14-23)30(38)32(40)37-19-17-35-18-20-37/h4-16,21,27-30,35H,17-20H2,1-3H3,(H,36,41). The fraction of sp³-hybridized carbons (Fsp3) is 0.364. The van der Waals surface area contributed by atoms with E-state index in [1.54, 1.807) is 29.2 Å². The lowest BCUT2D eigenvalue weighted by atomic mass is 9.76. The Labute approximate surface area is 246 Å². The lowest BCUT2D eigenvalue weighted by Crippen LogP contribution is -2.56. The van der Waals surface area contributed by atoms with Gasteiger partial charge >= 0.3 is 6.03 Å². The third-order valence-electron chi connectivity index (χ3n) is 8.03. The maximum absolute atomic E-state index is 14.6. The first-order valence-electron chi connectivity index (χ1n) is 14.3. The molecule has 0 bridgehead atoms. The molecular formula is C33H37ClN4O3. The third kappa shape index (κ3) is 6.02. The van der Waals surface area contributed by atoms with Crippen molar-refractivity contribution in [2.24, 2.45) is 5.92 Å². The highest BCUT2D eigenvalue weighted by atomic mass is 35.5. The summed E-state index contributed by atoms with van der Waals surface area (Å²) in [6, 6.07) is 22.3. The van der Waals surface area contributed by atoms with E-state index in [1.807, 2.05) is 80.3 Å². The Morgan fingerprint density at radius 2 is 1.49 bits per heavy atom. The van der Waals surface area contributed by atoms with Gasteiger partial charge in [-0.1, -0.05) is 83.9 Å². The molecule has 8 heteroatoms. The van der Waals surface area contributed by atoms with Crippen molar-refractivity contribution in [2.75, 3.05) is 26.2 Å². The van der Waals surface area contributed by atoms with Gasteiger partial charge in [0.15, 0.2) is 5.78 Å². The van der Waals surface area contributed by atoms with Gasteiger partial charge in [-0.3, -0.25) is 9.59 Å². The number of ketones is 1. The molecule has 2 aliphatic rings. The van der Waals surface area contributed by atoms with Gasteiger partial charge in [0, 0.05) is 48.7 Å². The van der Waals surface area contributed by atoms with Crippen LogP contribution in [-0.2, 0) is 4.79 Å². The van der Waals surface area contributed by atoms with Crippen molar-refractivity contribution < 1.29 is 14.4 Å². The van der Waals surface area contributed by atoms with Crippen LogP contribution in [0.1, 0.15) is 52.9 Å². The molecule has 3 aromatic rings. The zero-order chi connectivity index (χ0) is 29.1. The number of likely N-dealkylation sites (tertiary alicyclic amines) is 1. The summed E-state index contributed by atoms with van der Waals surface area (Å²) in [4.78, 5) is 46.7. The SMILES string of the molecule is Cc1ccc(C2C(C(=O)c3ccccc3)C(c3ccc(Cl)cc3)C(C(=O)N3CCNCC3)N2C(=O)NC(C)C)cc1. The molecule has 0 aliphatic carbocycles. The first kappa shape index (κ1) is 28.8. The monoisotopic (exact) mass is 572 g/mol. The van der Waals surface area contributed by atoms with Crippen LogP contribution in [0.15, 0.2) is 78.9 Å². The Morgan fingerprint density at radius 3 is 2.10 bits per heavy atom. The van der Waals surface area contributed by atoms with Gasteiger partial charge in [0.25, 0.3) is 0 Å².